The molecule has 5 nitrogen and oxygen atoms in total. The normalized spacial score (nSPS) is 17.9. The average molecular weight is 245 g/mol. The SMILES string of the molecule is CNCc1ccc2c(c1)N(CC#N)C(=O)C(C)O2. The van der Waals surface area contributed by atoms with Crippen LogP contribution in [0.5, 0.6) is 5.75 Å². The molecule has 0 fully saturated rings. The summed E-state index contributed by atoms with van der Waals surface area (Å²) in [5, 5.41) is 11.9. The van der Waals surface area contributed by atoms with Crippen LogP contribution >= 0.6 is 0 Å². The maximum absolute atomic E-state index is 12.0. The van der Waals surface area contributed by atoms with E-state index in [0.29, 0.717) is 18.0 Å². The van der Waals surface area contributed by atoms with E-state index >= 15 is 0 Å². The van der Waals surface area contributed by atoms with Crippen molar-refractivity contribution in [2.45, 2.75) is 19.6 Å². The summed E-state index contributed by atoms with van der Waals surface area (Å²) >= 11 is 0. The molecule has 1 atom stereocenters. The lowest BCUT2D eigenvalue weighted by Gasteiger charge is -2.31. The quantitative estimate of drug-likeness (QED) is 0.808. The Morgan fingerprint density at radius 2 is 2.33 bits per heavy atom. The Labute approximate surface area is 106 Å². The lowest BCUT2D eigenvalue weighted by atomic mass is 10.1. The minimum absolute atomic E-state index is 0.0442. The van der Waals surface area contributed by atoms with E-state index in [1.165, 1.54) is 4.90 Å². The molecule has 1 aliphatic rings. The maximum Gasteiger partial charge on any atom is 0.268 e. The summed E-state index contributed by atoms with van der Waals surface area (Å²) in [5.41, 5.74) is 1.72. The Balaban J connectivity index is 2.42. The molecule has 1 aliphatic heterocycles. The van der Waals surface area contributed by atoms with E-state index in [9.17, 15) is 4.79 Å². The van der Waals surface area contributed by atoms with E-state index in [2.05, 4.69) is 5.32 Å². The first-order valence-electron chi connectivity index (χ1n) is 5.80. The van der Waals surface area contributed by atoms with Crippen LogP contribution in [0.15, 0.2) is 18.2 Å². The third kappa shape index (κ3) is 2.15. The summed E-state index contributed by atoms with van der Waals surface area (Å²) in [7, 11) is 1.86. The number of carbonyl (C=O) groups is 1. The van der Waals surface area contributed by atoms with Gasteiger partial charge in [0, 0.05) is 6.54 Å². The number of hydrogen-bond donors (Lipinski definition) is 1. The van der Waals surface area contributed by atoms with Gasteiger partial charge in [-0.1, -0.05) is 6.07 Å². The number of amides is 1. The van der Waals surface area contributed by atoms with Crippen molar-refractivity contribution in [3.8, 4) is 11.8 Å². The minimum Gasteiger partial charge on any atom is -0.479 e. The third-order valence-corrected chi connectivity index (χ3v) is 2.84. The van der Waals surface area contributed by atoms with Crippen LogP contribution < -0.4 is 15.0 Å². The number of nitriles is 1. The number of nitrogens with one attached hydrogen (secondary N) is 1. The van der Waals surface area contributed by atoms with Gasteiger partial charge >= 0.3 is 0 Å². The van der Waals surface area contributed by atoms with Gasteiger partial charge in [-0.05, 0) is 31.7 Å². The van der Waals surface area contributed by atoms with Crippen LogP contribution in [-0.4, -0.2) is 25.6 Å². The predicted octanol–water partition coefficient (Wildman–Crippen LogP) is 1.04. The van der Waals surface area contributed by atoms with Crippen LogP contribution in [0, 0.1) is 11.3 Å². The van der Waals surface area contributed by atoms with E-state index in [4.69, 9.17) is 10.00 Å². The second-order valence-electron chi connectivity index (χ2n) is 4.17. The molecule has 0 bridgehead atoms. The van der Waals surface area contributed by atoms with E-state index in [0.717, 1.165) is 5.56 Å². The summed E-state index contributed by atoms with van der Waals surface area (Å²) in [6, 6.07) is 7.69. The fraction of sp³-hybridized carbons (Fsp3) is 0.385. The largest absolute Gasteiger partial charge is 0.479 e. The predicted molar refractivity (Wildman–Crippen MR) is 67.3 cm³/mol. The van der Waals surface area contributed by atoms with Crippen molar-refractivity contribution in [3.63, 3.8) is 0 Å². The number of ether oxygens (including phenoxy) is 1. The maximum atomic E-state index is 12.0. The second-order valence-corrected chi connectivity index (χ2v) is 4.17. The first-order valence-corrected chi connectivity index (χ1v) is 5.80. The van der Waals surface area contributed by atoms with E-state index < -0.39 is 6.10 Å². The van der Waals surface area contributed by atoms with Crippen LogP contribution in [0.2, 0.25) is 0 Å². The molecule has 0 saturated heterocycles. The van der Waals surface area contributed by atoms with Crippen molar-refractivity contribution in [1.29, 1.82) is 5.26 Å². The number of benzene rings is 1. The standard InChI is InChI=1S/C13H15N3O2/c1-9-13(17)16(6-5-14)11-7-10(8-15-2)3-4-12(11)18-9/h3-4,7,9,15H,6,8H2,1-2H3. The zero-order valence-electron chi connectivity index (χ0n) is 10.4. The van der Waals surface area contributed by atoms with Crippen molar-refractivity contribution in [3.05, 3.63) is 23.8 Å². The highest BCUT2D eigenvalue weighted by molar-refractivity contribution is 6.00. The molecular weight excluding hydrogens is 230 g/mol. The average Bonchev–Trinajstić information content (AvgIpc) is 2.36. The van der Waals surface area contributed by atoms with Gasteiger partial charge in [-0.25, -0.2) is 0 Å². The third-order valence-electron chi connectivity index (χ3n) is 2.84. The highest BCUT2D eigenvalue weighted by Crippen LogP contribution is 2.34. The smallest absolute Gasteiger partial charge is 0.268 e. The molecule has 0 spiro atoms. The Morgan fingerprint density at radius 1 is 1.56 bits per heavy atom. The van der Waals surface area contributed by atoms with E-state index in [1.54, 1.807) is 6.92 Å². The van der Waals surface area contributed by atoms with Crippen molar-refractivity contribution in [2.24, 2.45) is 0 Å². The van der Waals surface area contributed by atoms with Crippen LogP contribution in [-0.2, 0) is 11.3 Å². The van der Waals surface area contributed by atoms with Gasteiger partial charge in [0.15, 0.2) is 6.10 Å². The fourth-order valence-electron chi connectivity index (χ4n) is 2.00. The number of fused-ring (bicyclic) bond motifs is 1. The topological polar surface area (TPSA) is 65.4 Å². The Bertz CT molecular complexity index is 507. The van der Waals surface area contributed by atoms with Gasteiger partial charge in [0.1, 0.15) is 12.3 Å². The fourth-order valence-corrected chi connectivity index (χ4v) is 2.00. The molecule has 94 valence electrons. The van der Waals surface area contributed by atoms with Crippen LogP contribution in [0.1, 0.15) is 12.5 Å². The summed E-state index contributed by atoms with van der Waals surface area (Å²) in [6.45, 7) is 2.44. The molecular formula is C13H15N3O2. The van der Waals surface area contributed by atoms with Crippen LogP contribution in [0.4, 0.5) is 5.69 Å². The molecule has 1 unspecified atom stereocenters. The Morgan fingerprint density at radius 3 is 3.00 bits per heavy atom. The molecule has 5 heteroatoms. The molecule has 1 aromatic carbocycles. The number of carbonyl (C=O) groups excluding carboxylic acids is 1. The zero-order valence-corrected chi connectivity index (χ0v) is 10.4. The van der Waals surface area contributed by atoms with Gasteiger partial charge in [0.25, 0.3) is 5.91 Å². The van der Waals surface area contributed by atoms with Crippen LogP contribution in [0.3, 0.4) is 0 Å². The molecule has 2 rings (SSSR count). The van der Waals surface area contributed by atoms with Crippen molar-refractivity contribution >= 4 is 11.6 Å². The first kappa shape index (κ1) is 12.4. The highest BCUT2D eigenvalue weighted by Gasteiger charge is 2.31. The number of nitrogens with zero attached hydrogens (tertiary/aromatic N) is 2. The summed E-state index contributed by atoms with van der Waals surface area (Å²) in [4.78, 5) is 13.5. The van der Waals surface area contributed by atoms with Gasteiger partial charge in [0.2, 0.25) is 0 Å². The zero-order chi connectivity index (χ0) is 13.1. The molecule has 1 heterocycles. The molecule has 0 aliphatic carbocycles. The Kier molecular flexibility index (Phi) is 3.49. The van der Waals surface area contributed by atoms with Gasteiger partial charge in [-0.3, -0.25) is 9.69 Å². The number of rotatable bonds is 3. The van der Waals surface area contributed by atoms with E-state index in [-0.39, 0.29) is 12.5 Å². The monoisotopic (exact) mass is 245 g/mol. The molecule has 1 N–H and O–H groups in total. The lowest BCUT2D eigenvalue weighted by Crippen LogP contribution is -2.44. The highest BCUT2D eigenvalue weighted by atomic mass is 16.5. The second kappa shape index (κ2) is 5.07. The molecule has 0 aromatic heterocycles. The summed E-state index contributed by atoms with van der Waals surface area (Å²) < 4.78 is 5.53. The number of anilines is 1. The molecule has 0 saturated carbocycles. The van der Waals surface area contributed by atoms with Gasteiger partial charge in [0.05, 0.1) is 11.8 Å². The first-order chi connectivity index (χ1) is 8.67. The van der Waals surface area contributed by atoms with Gasteiger partial charge in [-0.2, -0.15) is 5.26 Å². The molecule has 0 radical (unpaired) electrons. The van der Waals surface area contributed by atoms with Crippen molar-refractivity contribution in [2.75, 3.05) is 18.5 Å². The lowest BCUT2D eigenvalue weighted by molar-refractivity contribution is -0.125. The van der Waals surface area contributed by atoms with Gasteiger partial charge in [-0.15, -0.1) is 0 Å². The summed E-state index contributed by atoms with van der Waals surface area (Å²) in [5.74, 6) is 0.475. The molecule has 1 aromatic rings. The van der Waals surface area contributed by atoms with Crippen molar-refractivity contribution < 1.29 is 9.53 Å². The summed E-state index contributed by atoms with van der Waals surface area (Å²) in [6.07, 6.45) is -0.541. The van der Waals surface area contributed by atoms with Crippen molar-refractivity contribution in [1.82, 2.24) is 5.32 Å². The Hall–Kier alpha value is -2.06. The molecule has 18 heavy (non-hydrogen) atoms. The molecule has 1 amide bonds. The number of hydrogen-bond acceptors (Lipinski definition) is 4. The van der Waals surface area contributed by atoms with E-state index in [1.807, 2.05) is 31.3 Å². The van der Waals surface area contributed by atoms with Crippen LogP contribution in [0.25, 0.3) is 0 Å². The van der Waals surface area contributed by atoms with Gasteiger partial charge < -0.3 is 10.1 Å². The minimum atomic E-state index is -0.541.